The fraction of sp³-hybridized carbons (Fsp3) is 0.263. The zero-order valence-electron chi connectivity index (χ0n) is 14.7. The lowest BCUT2D eigenvalue weighted by Gasteiger charge is -2.26. The van der Waals surface area contributed by atoms with Crippen LogP contribution >= 0.6 is 0 Å². The van der Waals surface area contributed by atoms with E-state index >= 15 is 0 Å². The Hall–Kier alpha value is -3.44. The van der Waals surface area contributed by atoms with E-state index in [9.17, 15) is 20.2 Å². The van der Waals surface area contributed by atoms with Gasteiger partial charge in [0.05, 0.1) is 18.1 Å². The molecule has 2 heterocycles. The van der Waals surface area contributed by atoms with Crippen molar-refractivity contribution in [3.05, 3.63) is 57.3 Å². The number of rotatable bonds is 4. The highest BCUT2D eigenvalue weighted by molar-refractivity contribution is 6.01. The molecule has 3 rings (SSSR count). The molecule has 1 aliphatic rings. The van der Waals surface area contributed by atoms with Crippen LogP contribution in [-0.4, -0.2) is 42.0 Å². The number of hydrogen-bond acceptors (Lipinski definition) is 6. The fourth-order valence-corrected chi connectivity index (χ4v) is 2.83. The molecule has 0 bridgehead atoms. The van der Waals surface area contributed by atoms with Crippen LogP contribution in [0.4, 0.5) is 5.69 Å². The maximum Gasteiger partial charge on any atom is 0.269 e. The third kappa shape index (κ3) is 4.04. The average molecular weight is 367 g/mol. The molecular weight excluding hydrogens is 350 g/mol. The highest BCUT2D eigenvalue weighted by Gasteiger charge is 2.21. The maximum absolute atomic E-state index is 12.4. The Morgan fingerprint density at radius 1 is 1.30 bits per heavy atom. The van der Waals surface area contributed by atoms with E-state index in [1.165, 1.54) is 18.2 Å². The van der Waals surface area contributed by atoms with Crippen molar-refractivity contribution >= 4 is 17.7 Å². The number of benzene rings is 1. The van der Waals surface area contributed by atoms with Crippen LogP contribution in [0.5, 0.6) is 0 Å². The number of morpholine rings is 1. The molecule has 27 heavy (non-hydrogen) atoms. The Labute approximate surface area is 155 Å². The Bertz CT molecular complexity index is 948. The Morgan fingerprint density at radius 3 is 2.67 bits per heavy atom. The lowest BCUT2D eigenvalue weighted by atomic mass is 10.1. The second-order valence-corrected chi connectivity index (χ2v) is 6.03. The summed E-state index contributed by atoms with van der Waals surface area (Å²) in [5, 5.41) is 20.2. The minimum absolute atomic E-state index is 0.00537. The highest BCUT2D eigenvalue weighted by Crippen LogP contribution is 2.29. The first-order chi connectivity index (χ1) is 13.0. The van der Waals surface area contributed by atoms with Gasteiger partial charge in [0, 0.05) is 36.9 Å². The van der Waals surface area contributed by atoms with Crippen molar-refractivity contribution in [1.29, 1.82) is 5.26 Å². The molecule has 0 unspecified atom stereocenters. The average Bonchev–Trinajstić information content (AvgIpc) is 3.14. The van der Waals surface area contributed by atoms with Crippen molar-refractivity contribution in [1.82, 2.24) is 4.90 Å². The lowest BCUT2D eigenvalue weighted by Crippen LogP contribution is -2.41. The summed E-state index contributed by atoms with van der Waals surface area (Å²) >= 11 is 0. The molecule has 0 spiro atoms. The van der Waals surface area contributed by atoms with Crippen LogP contribution in [0.15, 0.2) is 40.3 Å². The van der Waals surface area contributed by atoms with Crippen LogP contribution in [0, 0.1) is 28.4 Å². The summed E-state index contributed by atoms with van der Waals surface area (Å²) in [4.78, 5) is 24.4. The standard InChI is InChI=1S/C19H17N3O5/c1-13-10-15(22(24)25)2-4-17(13)18-5-3-16(27-18)11-14(12-20)19(23)21-6-8-26-9-7-21/h2-5,10-11H,6-9H2,1H3/b14-11+. The van der Waals surface area contributed by atoms with Crippen LogP contribution in [0.25, 0.3) is 17.4 Å². The first kappa shape index (κ1) is 18.4. The van der Waals surface area contributed by atoms with Gasteiger partial charge in [-0.3, -0.25) is 14.9 Å². The molecule has 0 radical (unpaired) electrons. The van der Waals surface area contributed by atoms with Gasteiger partial charge in [0.2, 0.25) is 0 Å². The number of hydrogen-bond donors (Lipinski definition) is 0. The lowest BCUT2D eigenvalue weighted by molar-refractivity contribution is -0.384. The third-order valence-electron chi connectivity index (χ3n) is 4.25. The number of carbonyl (C=O) groups excluding carboxylic acids is 1. The van der Waals surface area contributed by atoms with Gasteiger partial charge in [-0.15, -0.1) is 0 Å². The minimum Gasteiger partial charge on any atom is -0.457 e. The largest absolute Gasteiger partial charge is 0.457 e. The quantitative estimate of drug-likeness (QED) is 0.356. The fourth-order valence-electron chi connectivity index (χ4n) is 2.83. The van der Waals surface area contributed by atoms with Gasteiger partial charge >= 0.3 is 0 Å². The van der Waals surface area contributed by atoms with E-state index in [2.05, 4.69) is 0 Å². The first-order valence-corrected chi connectivity index (χ1v) is 8.33. The molecule has 8 heteroatoms. The van der Waals surface area contributed by atoms with Crippen molar-refractivity contribution in [2.24, 2.45) is 0 Å². The van der Waals surface area contributed by atoms with Gasteiger partial charge in [-0.05, 0) is 30.7 Å². The summed E-state index contributed by atoms with van der Waals surface area (Å²) in [6.07, 6.45) is 1.40. The maximum atomic E-state index is 12.4. The molecule has 0 N–H and O–H groups in total. The first-order valence-electron chi connectivity index (χ1n) is 8.33. The van der Waals surface area contributed by atoms with Crippen LogP contribution < -0.4 is 0 Å². The van der Waals surface area contributed by atoms with E-state index in [0.717, 1.165) is 0 Å². The topological polar surface area (TPSA) is 110 Å². The number of nitriles is 1. The molecule has 2 aromatic rings. The van der Waals surface area contributed by atoms with Gasteiger partial charge in [0.1, 0.15) is 23.2 Å². The van der Waals surface area contributed by atoms with E-state index in [0.29, 0.717) is 49.0 Å². The predicted molar refractivity (Wildman–Crippen MR) is 96.5 cm³/mol. The molecule has 1 fully saturated rings. The summed E-state index contributed by atoms with van der Waals surface area (Å²) in [6, 6.07) is 9.77. The van der Waals surface area contributed by atoms with Crippen molar-refractivity contribution in [2.45, 2.75) is 6.92 Å². The van der Waals surface area contributed by atoms with Crippen LogP contribution in [0.2, 0.25) is 0 Å². The number of non-ortho nitro benzene ring substituents is 1. The SMILES string of the molecule is Cc1cc([N+](=O)[O-])ccc1-c1ccc(/C=C(\C#N)C(=O)N2CCOCC2)o1. The van der Waals surface area contributed by atoms with Crippen LogP contribution in [-0.2, 0) is 9.53 Å². The Kier molecular flexibility index (Phi) is 5.33. The molecule has 1 amide bonds. The molecule has 138 valence electrons. The summed E-state index contributed by atoms with van der Waals surface area (Å²) in [5.74, 6) is 0.510. The van der Waals surface area contributed by atoms with Crippen LogP contribution in [0.3, 0.4) is 0 Å². The second-order valence-electron chi connectivity index (χ2n) is 6.03. The van der Waals surface area contributed by atoms with Gasteiger partial charge in [0.25, 0.3) is 11.6 Å². The molecule has 0 aliphatic carbocycles. The highest BCUT2D eigenvalue weighted by atomic mass is 16.6. The minimum atomic E-state index is -0.455. The monoisotopic (exact) mass is 367 g/mol. The smallest absolute Gasteiger partial charge is 0.269 e. The normalized spacial score (nSPS) is 14.7. The number of ether oxygens (including phenoxy) is 1. The summed E-state index contributed by atoms with van der Waals surface area (Å²) < 4.78 is 10.9. The van der Waals surface area contributed by atoms with Crippen molar-refractivity contribution in [2.75, 3.05) is 26.3 Å². The van der Waals surface area contributed by atoms with Gasteiger partial charge in [0.15, 0.2) is 0 Å². The molecule has 0 saturated carbocycles. The predicted octanol–water partition coefficient (Wildman–Crippen LogP) is 2.93. The molecular formula is C19H17N3O5. The van der Waals surface area contributed by atoms with Crippen LogP contribution in [0.1, 0.15) is 11.3 Å². The Morgan fingerprint density at radius 2 is 2.04 bits per heavy atom. The van der Waals surface area contributed by atoms with E-state index in [1.807, 2.05) is 6.07 Å². The van der Waals surface area contributed by atoms with E-state index < -0.39 is 4.92 Å². The van der Waals surface area contributed by atoms with Gasteiger partial charge in [-0.25, -0.2) is 0 Å². The summed E-state index contributed by atoms with van der Waals surface area (Å²) in [7, 11) is 0. The van der Waals surface area contributed by atoms with E-state index in [1.54, 1.807) is 30.0 Å². The van der Waals surface area contributed by atoms with Gasteiger partial charge in [-0.2, -0.15) is 5.26 Å². The van der Waals surface area contributed by atoms with E-state index in [-0.39, 0.29) is 17.2 Å². The number of nitrogens with zero attached hydrogens (tertiary/aromatic N) is 3. The summed E-state index contributed by atoms with van der Waals surface area (Å²) in [5.41, 5.74) is 1.39. The molecule has 1 aromatic carbocycles. The van der Waals surface area contributed by atoms with Crippen molar-refractivity contribution in [3.63, 3.8) is 0 Å². The second kappa shape index (κ2) is 7.85. The zero-order chi connectivity index (χ0) is 19.4. The number of carbonyl (C=O) groups is 1. The molecule has 1 aromatic heterocycles. The number of amides is 1. The zero-order valence-corrected chi connectivity index (χ0v) is 14.7. The molecule has 0 atom stereocenters. The summed E-state index contributed by atoms with van der Waals surface area (Å²) in [6.45, 7) is 3.55. The molecule has 8 nitrogen and oxygen atoms in total. The van der Waals surface area contributed by atoms with Crippen molar-refractivity contribution in [3.8, 4) is 17.4 Å². The van der Waals surface area contributed by atoms with Gasteiger partial charge < -0.3 is 14.1 Å². The third-order valence-corrected chi connectivity index (χ3v) is 4.25. The number of nitro groups is 1. The Balaban J connectivity index is 1.84. The number of nitro benzene ring substituents is 1. The number of furan rings is 1. The van der Waals surface area contributed by atoms with Gasteiger partial charge in [-0.1, -0.05) is 0 Å². The molecule has 1 saturated heterocycles. The van der Waals surface area contributed by atoms with Crippen molar-refractivity contribution < 1.29 is 18.9 Å². The number of aryl methyl sites for hydroxylation is 1. The molecule has 1 aliphatic heterocycles. The van der Waals surface area contributed by atoms with E-state index in [4.69, 9.17) is 9.15 Å².